The molecule has 2 N–H and O–H groups in total. The summed E-state index contributed by atoms with van der Waals surface area (Å²) in [5.41, 5.74) is 8.56. The molecule has 2 aromatic carbocycles. The third kappa shape index (κ3) is 4.60. The maximum Gasteiger partial charge on any atom is 0.246 e. The van der Waals surface area contributed by atoms with Gasteiger partial charge in [-0.3, -0.25) is 9.59 Å². The zero-order valence-electron chi connectivity index (χ0n) is 14.8. The van der Waals surface area contributed by atoms with E-state index in [1.54, 1.807) is 11.0 Å². The molecule has 0 saturated carbocycles. The summed E-state index contributed by atoms with van der Waals surface area (Å²) < 4.78 is 0. The normalized spacial score (nSPS) is 17.4. The topological polar surface area (TPSA) is 63.4 Å². The molecule has 4 heteroatoms. The second-order valence-electron chi connectivity index (χ2n) is 6.68. The predicted octanol–water partition coefficient (Wildman–Crippen LogP) is 3.62. The second-order valence-corrected chi connectivity index (χ2v) is 6.68. The van der Waals surface area contributed by atoms with Crippen molar-refractivity contribution in [3.8, 4) is 11.1 Å². The van der Waals surface area contributed by atoms with Gasteiger partial charge in [-0.25, -0.2) is 0 Å². The number of carbonyl (C=O) groups excluding carboxylic acids is 2. The first-order valence-electron chi connectivity index (χ1n) is 9.06. The van der Waals surface area contributed by atoms with Gasteiger partial charge in [-0.15, -0.1) is 0 Å². The fourth-order valence-corrected chi connectivity index (χ4v) is 3.45. The van der Waals surface area contributed by atoms with Crippen LogP contribution in [0.5, 0.6) is 0 Å². The van der Waals surface area contributed by atoms with Crippen LogP contribution in [0.2, 0.25) is 0 Å². The van der Waals surface area contributed by atoms with Crippen LogP contribution in [0.1, 0.15) is 31.2 Å². The van der Waals surface area contributed by atoms with Gasteiger partial charge >= 0.3 is 0 Å². The van der Waals surface area contributed by atoms with E-state index in [1.807, 2.05) is 36.4 Å². The molecule has 1 atom stereocenters. The number of nitrogens with two attached hydrogens (primary N) is 1. The second kappa shape index (κ2) is 8.48. The molecule has 0 aliphatic carbocycles. The van der Waals surface area contributed by atoms with Gasteiger partial charge in [0.15, 0.2) is 0 Å². The number of nitrogens with zero attached hydrogens (tertiary/aromatic N) is 1. The highest BCUT2D eigenvalue weighted by Crippen LogP contribution is 2.22. The van der Waals surface area contributed by atoms with Crippen molar-refractivity contribution < 1.29 is 9.59 Å². The summed E-state index contributed by atoms with van der Waals surface area (Å²) in [6.45, 7) is 0.686. The minimum atomic E-state index is -0.353. The SMILES string of the molecule is NC(=O)CC1CCCCN1C(=O)/C=C/c1cccc(-c2ccccc2)c1. The first-order valence-corrected chi connectivity index (χ1v) is 9.06. The Bertz CT molecular complexity index is 799. The summed E-state index contributed by atoms with van der Waals surface area (Å²) in [6, 6.07) is 18.2. The molecule has 3 rings (SSSR count). The number of benzene rings is 2. The van der Waals surface area contributed by atoms with E-state index in [2.05, 4.69) is 24.3 Å². The standard InChI is InChI=1S/C22H24N2O2/c23-21(25)16-20-11-4-5-14-24(20)22(26)13-12-17-7-6-10-19(15-17)18-8-2-1-3-9-18/h1-3,6-10,12-13,15,20H,4-5,11,14,16H2,(H2,23,25)/b13-12+. The highest BCUT2D eigenvalue weighted by atomic mass is 16.2. The average molecular weight is 348 g/mol. The van der Waals surface area contributed by atoms with Gasteiger partial charge in [-0.2, -0.15) is 0 Å². The number of amides is 2. The van der Waals surface area contributed by atoms with E-state index in [0.29, 0.717) is 6.54 Å². The molecular formula is C22H24N2O2. The smallest absolute Gasteiger partial charge is 0.246 e. The van der Waals surface area contributed by atoms with E-state index >= 15 is 0 Å². The fourth-order valence-electron chi connectivity index (χ4n) is 3.45. The number of hydrogen-bond acceptors (Lipinski definition) is 2. The number of hydrogen-bond donors (Lipinski definition) is 1. The lowest BCUT2D eigenvalue weighted by Crippen LogP contribution is -2.44. The molecule has 0 aromatic heterocycles. The quantitative estimate of drug-likeness (QED) is 0.839. The van der Waals surface area contributed by atoms with E-state index in [0.717, 1.165) is 36.0 Å². The Morgan fingerprint density at radius 2 is 1.81 bits per heavy atom. The van der Waals surface area contributed by atoms with Crippen molar-refractivity contribution >= 4 is 17.9 Å². The van der Waals surface area contributed by atoms with Crippen LogP contribution in [0.25, 0.3) is 17.2 Å². The monoisotopic (exact) mass is 348 g/mol. The van der Waals surface area contributed by atoms with Crippen molar-refractivity contribution in [2.75, 3.05) is 6.54 Å². The third-order valence-electron chi connectivity index (χ3n) is 4.76. The van der Waals surface area contributed by atoms with Gasteiger partial charge in [0.1, 0.15) is 0 Å². The van der Waals surface area contributed by atoms with Crippen LogP contribution in [-0.2, 0) is 9.59 Å². The zero-order valence-corrected chi connectivity index (χ0v) is 14.8. The molecule has 134 valence electrons. The highest BCUT2D eigenvalue weighted by Gasteiger charge is 2.26. The first kappa shape index (κ1) is 17.9. The van der Waals surface area contributed by atoms with E-state index in [4.69, 9.17) is 5.73 Å². The molecular weight excluding hydrogens is 324 g/mol. The average Bonchev–Trinajstić information content (AvgIpc) is 2.67. The predicted molar refractivity (Wildman–Crippen MR) is 104 cm³/mol. The lowest BCUT2D eigenvalue weighted by atomic mass is 9.98. The molecule has 1 fully saturated rings. The van der Waals surface area contributed by atoms with Gasteiger partial charge in [0.05, 0.1) is 0 Å². The molecule has 1 aliphatic rings. The summed E-state index contributed by atoms with van der Waals surface area (Å²) >= 11 is 0. The van der Waals surface area contributed by atoms with Crippen LogP contribution in [-0.4, -0.2) is 29.3 Å². The van der Waals surface area contributed by atoms with E-state index < -0.39 is 0 Å². The van der Waals surface area contributed by atoms with Crippen molar-refractivity contribution in [3.05, 3.63) is 66.2 Å². The maximum atomic E-state index is 12.6. The Labute approximate surface area is 154 Å². The number of piperidine rings is 1. The summed E-state index contributed by atoms with van der Waals surface area (Å²) in [6.07, 6.45) is 6.52. The summed E-state index contributed by atoms with van der Waals surface area (Å²) in [7, 11) is 0. The Morgan fingerprint density at radius 3 is 2.58 bits per heavy atom. The molecule has 26 heavy (non-hydrogen) atoms. The molecule has 4 nitrogen and oxygen atoms in total. The lowest BCUT2D eigenvalue weighted by Gasteiger charge is -2.34. The van der Waals surface area contributed by atoms with Gasteiger partial charge < -0.3 is 10.6 Å². The van der Waals surface area contributed by atoms with Crippen LogP contribution < -0.4 is 5.73 Å². The first-order chi connectivity index (χ1) is 12.6. The van der Waals surface area contributed by atoms with E-state index in [9.17, 15) is 9.59 Å². The van der Waals surface area contributed by atoms with Crippen LogP contribution in [0.4, 0.5) is 0 Å². The van der Waals surface area contributed by atoms with Gasteiger partial charge in [0, 0.05) is 25.1 Å². The summed E-state index contributed by atoms with van der Waals surface area (Å²) in [4.78, 5) is 25.6. The number of carbonyl (C=O) groups is 2. The Kier molecular flexibility index (Phi) is 5.84. The number of likely N-dealkylation sites (tertiary alicyclic amines) is 1. The largest absolute Gasteiger partial charge is 0.370 e. The van der Waals surface area contributed by atoms with Crippen LogP contribution in [0.3, 0.4) is 0 Å². The summed E-state index contributed by atoms with van der Waals surface area (Å²) in [5, 5.41) is 0. The minimum absolute atomic E-state index is 0.0546. The molecule has 2 amide bonds. The fraction of sp³-hybridized carbons (Fsp3) is 0.273. The van der Waals surface area contributed by atoms with Crippen LogP contribution >= 0.6 is 0 Å². The number of primary amides is 1. The van der Waals surface area contributed by atoms with Crippen LogP contribution in [0, 0.1) is 0 Å². The Morgan fingerprint density at radius 1 is 1.04 bits per heavy atom. The molecule has 1 unspecified atom stereocenters. The molecule has 1 aliphatic heterocycles. The summed E-state index contributed by atoms with van der Waals surface area (Å²) in [5.74, 6) is -0.407. The van der Waals surface area contributed by atoms with E-state index in [1.165, 1.54) is 0 Å². The maximum absolute atomic E-state index is 12.6. The van der Waals surface area contributed by atoms with Crippen molar-refractivity contribution in [1.82, 2.24) is 4.90 Å². The van der Waals surface area contributed by atoms with E-state index in [-0.39, 0.29) is 24.3 Å². The minimum Gasteiger partial charge on any atom is -0.370 e. The highest BCUT2D eigenvalue weighted by molar-refractivity contribution is 5.92. The molecule has 0 bridgehead atoms. The van der Waals surface area contributed by atoms with Gasteiger partial charge in [-0.05, 0) is 48.1 Å². The van der Waals surface area contributed by atoms with Gasteiger partial charge in [0.25, 0.3) is 0 Å². The molecule has 1 heterocycles. The van der Waals surface area contributed by atoms with Crippen molar-refractivity contribution in [3.63, 3.8) is 0 Å². The third-order valence-corrected chi connectivity index (χ3v) is 4.76. The van der Waals surface area contributed by atoms with Crippen molar-refractivity contribution in [2.24, 2.45) is 5.73 Å². The molecule has 1 saturated heterocycles. The van der Waals surface area contributed by atoms with Gasteiger partial charge in [-0.1, -0.05) is 48.5 Å². The molecule has 2 aromatic rings. The number of rotatable bonds is 5. The Hall–Kier alpha value is -2.88. The van der Waals surface area contributed by atoms with Crippen molar-refractivity contribution in [2.45, 2.75) is 31.7 Å². The molecule has 0 radical (unpaired) electrons. The lowest BCUT2D eigenvalue weighted by molar-refractivity contribution is -0.130. The molecule has 0 spiro atoms. The Balaban J connectivity index is 1.72. The van der Waals surface area contributed by atoms with Crippen LogP contribution in [0.15, 0.2) is 60.7 Å². The zero-order chi connectivity index (χ0) is 18.4. The van der Waals surface area contributed by atoms with Gasteiger partial charge in [0.2, 0.25) is 11.8 Å². The van der Waals surface area contributed by atoms with Crippen molar-refractivity contribution in [1.29, 1.82) is 0 Å².